The number of carbonyl (C=O) groups excluding carboxylic acids is 1. The number of halogens is 1. The van der Waals surface area contributed by atoms with Crippen LogP contribution in [0.15, 0.2) is 61.2 Å². The van der Waals surface area contributed by atoms with Crippen molar-refractivity contribution in [1.82, 2.24) is 15.1 Å². The Morgan fingerprint density at radius 1 is 1.19 bits per heavy atom. The summed E-state index contributed by atoms with van der Waals surface area (Å²) in [4.78, 5) is 15.2. The van der Waals surface area contributed by atoms with E-state index in [1.807, 2.05) is 30.0 Å². The molecule has 0 aliphatic carbocycles. The molecule has 0 saturated carbocycles. The molecule has 3 aromatic rings. The van der Waals surface area contributed by atoms with E-state index < -0.39 is 0 Å². The minimum absolute atomic E-state index is 0.0207. The quantitative estimate of drug-likeness (QED) is 0.456. The third-order valence-corrected chi connectivity index (χ3v) is 7.15. The number of aryl methyl sites for hydroxylation is 1. The fourth-order valence-electron chi connectivity index (χ4n) is 4.46. The Balaban J connectivity index is 1.51. The van der Waals surface area contributed by atoms with Gasteiger partial charge in [0.2, 0.25) is 5.91 Å². The van der Waals surface area contributed by atoms with Crippen LogP contribution in [0.3, 0.4) is 0 Å². The first-order valence-electron chi connectivity index (χ1n) is 10.5. The molecular weight excluding hydrogens is 409 g/mol. The highest BCUT2D eigenvalue weighted by Gasteiger charge is 2.40. The van der Waals surface area contributed by atoms with Gasteiger partial charge < -0.3 is 4.90 Å². The van der Waals surface area contributed by atoms with Gasteiger partial charge in [-0.05, 0) is 49.9 Å². The molecule has 1 amide bonds. The highest BCUT2D eigenvalue weighted by atomic mass is 32.1. The number of likely N-dealkylation sites (tertiary alicyclic amines) is 1. The van der Waals surface area contributed by atoms with Crippen LogP contribution in [0.4, 0.5) is 4.39 Å². The number of benzene rings is 2. The summed E-state index contributed by atoms with van der Waals surface area (Å²) in [6, 6.07) is 14.7. The van der Waals surface area contributed by atoms with Crippen molar-refractivity contribution in [3.05, 3.63) is 83.1 Å². The molecule has 1 unspecified atom stereocenters. The fourth-order valence-corrected chi connectivity index (χ4v) is 5.16. The number of amides is 1. The van der Waals surface area contributed by atoms with Crippen LogP contribution in [-0.4, -0.2) is 27.5 Å². The van der Waals surface area contributed by atoms with E-state index in [1.165, 1.54) is 12.1 Å². The second kappa shape index (κ2) is 8.71. The van der Waals surface area contributed by atoms with Gasteiger partial charge in [-0.25, -0.2) is 4.39 Å². The van der Waals surface area contributed by atoms with E-state index in [1.54, 1.807) is 23.5 Å². The number of rotatable bonds is 6. The van der Waals surface area contributed by atoms with E-state index in [4.69, 9.17) is 0 Å². The van der Waals surface area contributed by atoms with Crippen molar-refractivity contribution in [1.29, 1.82) is 0 Å². The van der Waals surface area contributed by atoms with Gasteiger partial charge in [0.25, 0.3) is 0 Å². The first-order chi connectivity index (χ1) is 14.9. The van der Waals surface area contributed by atoms with Crippen molar-refractivity contribution in [2.75, 3.05) is 6.54 Å². The molecule has 0 N–H and O–H groups in total. The lowest BCUT2D eigenvalue weighted by atomic mass is 9.70. The Hall–Kier alpha value is -2.86. The number of piperidine rings is 1. The predicted octanol–water partition coefficient (Wildman–Crippen LogP) is 5.85. The lowest BCUT2D eigenvalue weighted by Crippen LogP contribution is -2.47. The molecule has 1 fully saturated rings. The maximum Gasteiger partial charge on any atom is 0.223 e. The zero-order valence-electron chi connectivity index (χ0n) is 17.8. The van der Waals surface area contributed by atoms with Crippen molar-refractivity contribution in [3.8, 4) is 10.6 Å². The van der Waals surface area contributed by atoms with Gasteiger partial charge in [-0.2, -0.15) is 0 Å². The zero-order chi connectivity index (χ0) is 22.0. The number of aromatic nitrogens is 2. The molecule has 2 heterocycles. The Morgan fingerprint density at radius 2 is 1.90 bits per heavy atom. The largest absolute Gasteiger partial charge is 0.336 e. The molecule has 0 radical (unpaired) electrons. The van der Waals surface area contributed by atoms with Gasteiger partial charge in [-0.3, -0.25) is 4.79 Å². The van der Waals surface area contributed by atoms with E-state index in [-0.39, 0.29) is 23.2 Å². The van der Waals surface area contributed by atoms with Crippen LogP contribution >= 0.6 is 11.3 Å². The predicted molar refractivity (Wildman–Crippen MR) is 122 cm³/mol. The Labute approximate surface area is 186 Å². The van der Waals surface area contributed by atoms with Crippen molar-refractivity contribution >= 4 is 17.2 Å². The lowest BCUT2D eigenvalue weighted by molar-refractivity contribution is -0.138. The molecule has 160 valence electrons. The van der Waals surface area contributed by atoms with E-state index in [9.17, 15) is 9.18 Å². The van der Waals surface area contributed by atoms with Crippen LogP contribution < -0.4 is 0 Å². The van der Waals surface area contributed by atoms with Crippen LogP contribution in [-0.2, 0) is 10.2 Å². The van der Waals surface area contributed by atoms with Crippen LogP contribution in [0.25, 0.3) is 10.6 Å². The molecule has 4 rings (SSSR count). The molecule has 6 heteroatoms. The molecular formula is C25H26FN3OS. The smallest absolute Gasteiger partial charge is 0.223 e. The fraction of sp³-hybridized carbons (Fsp3) is 0.320. The van der Waals surface area contributed by atoms with Crippen LogP contribution in [0, 0.1) is 12.7 Å². The Bertz CT molecular complexity index is 1080. The monoisotopic (exact) mass is 435 g/mol. The molecule has 2 aromatic carbocycles. The summed E-state index contributed by atoms with van der Waals surface area (Å²) < 4.78 is 13.4. The summed E-state index contributed by atoms with van der Waals surface area (Å²) >= 11 is 1.57. The van der Waals surface area contributed by atoms with E-state index >= 15 is 0 Å². The van der Waals surface area contributed by atoms with Crippen molar-refractivity contribution in [2.45, 2.75) is 44.6 Å². The summed E-state index contributed by atoms with van der Waals surface area (Å²) in [5.41, 5.74) is 2.82. The second-order valence-electron chi connectivity index (χ2n) is 8.22. The Morgan fingerprint density at radius 3 is 2.48 bits per heavy atom. The molecule has 4 nitrogen and oxygen atoms in total. The Kier molecular flexibility index (Phi) is 6.01. The normalized spacial score (nSPS) is 20.0. The zero-order valence-corrected chi connectivity index (χ0v) is 18.7. The van der Waals surface area contributed by atoms with E-state index in [0.29, 0.717) is 19.4 Å². The van der Waals surface area contributed by atoms with Crippen molar-refractivity contribution in [2.24, 2.45) is 0 Å². The highest BCUT2D eigenvalue weighted by Crippen LogP contribution is 2.41. The average Bonchev–Trinajstić information content (AvgIpc) is 3.20. The highest BCUT2D eigenvalue weighted by molar-refractivity contribution is 7.14. The van der Waals surface area contributed by atoms with Gasteiger partial charge in [-0.1, -0.05) is 53.8 Å². The van der Waals surface area contributed by atoms with Gasteiger partial charge in [0.1, 0.15) is 15.8 Å². The lowest BCUT2D eigenvalue weighted by Gasteiger charge is -2.43. The van der Waals surface area contributed by atoms with Crippen LogP contribution in [0.2, 0.25) is 0 Å². The molecule has 0 bridgehead atoms. The first-order valence-corrected chi connectivity index (χ1v) is 11.3. The number of nitrogens with zero attached hydrogens (tertiary/aromatic N) is 3. The molecule has 31 heavy (non-hydrogen) atoms. The number of carbonyl (C=O) groups is 1. The number of allylic oxidation sites excluding steroid dienone is 1. The number of hydrogen-bond acceptors (Lipinski definition) is 4. The van der Waals surface area contributed by atoms with Gasteiger partial charge in [-0.15, -0.1) is 16.8 Å². The van der Waals surface area contributed by atoms with Gasteiger partial charge >= 0.3 is 0 Å². The molecule has 1 aliphatic rings. The van der Waals surface area contributed by atoms with Crippen molar-refractivity contribution < 1.29 is 9.18 Å². The third kappa shape index (κ3) is 4.30. The van der Waals surface area contributed by atoms with Gasteiger partial charge in [0, 0.05) is 23.9 Å². The molecule has 1 aliphatic heterocycles. The molecule has 1 aromatic heterocycles. The van der Waals surface area contributed by atoms with Gasteiger partial charge in [0.15, 0.2) is 0 Å². The minimum Gasteiger partial charge on any atom is -0.336 e. The molecule has 0 spiro atoms. The van der Waals surface area contributed by atoms with Crippen molar-refractivity contribution in [3.63, 3.8) is 0 Å². The number of hydrogen-bond donors (Lipinski definition) is 0. The SMILES string of the molecule is C=CCC1(c2ccc(F)cc2)CCN([C@@H](C)c2ccc(-c3nnc(C)s3)cc2)C(=O)C1. The minimum atomic E-state index is -0.317. The summed E-state index contributed by atoms with van der Waals surface area (Å²) in [6.07, 6.45) is 3.78. The topological polar surface area (TPSA) is 46.1 Å². The maximum absolute atomic E-state index is 13.4. The second-order valence-corrected chi connectivity index (χ2v) is 9.40. The third-order valence-electron chi connectivity index (χ3n) is 6.27. The average molecular weight is 436 g/mol. The molecule has 2 atom stereocenters. The van der Waals surface area contributed by atoms with Crippen LogP contribution in [0.5, 0.6) is 0 Å². The van der Waals surface area contributed by atoms with Crippen LogP contribution in [0.1, 0.15) is 48.4 Å². The van der Waals surface area contributed by atoms with Gasteiger partial charge in [0.05, 0.1) is 6.04 Å². The first kappa shape index (κ1) is 21.4. The summed E-state index contributed by atoms with van der Waals surface area (Å²) in [5.74, 6) is -0.143. The summed E-state index contributed by atoms with van der Waals surface area (Å²) in [5, 5.41) is 10.1. The summed E-state index contributed by atoms with van der Waals surface area (Å²) in [7, 11) is 0. The maximum atomic E-state index is 13.4. The van der Waals surface area contributed by atoms with E-state index in [2.05, 4.69) is 35.8 Å². The standard InChI is InChI=1S/C25H26FN3OS/c1-4-13-25(21-9-11-22(26)12-10-21)14-15-29(23(30)16-25)17(2)19-5-7-20(8-6-19)24-28-27-18(3)31-24/h4-12,17H,1,13-16H2,2-3H3/t17-,25?/m0/s1. The van der Waals surface area contributed by atoms with E-state index in [0.717, 1.165) is 33.1 Å². The molecule has 1 saturated heterocycles. The summed E-state index contributed by atoms with van der Waals surface area (Å²) in [6.45, 7) is 8.56.